The van der Waals surface area contributed by atoms with Gasteiger partial charge in [0.05, 0.1) is 19.3 Å². The smallest absolute Gasteiger partial charge is 0.317 e. The van der Waals surface area contributed by atoms with Gasteiger partial charge in [0.25, 0.3) is 0 Å². The molecule has 2 aromatic rings. The number of thiazole rings is 1. The minimum atomic E-state index is -0.924. The highest BCUT2D eigenvalue weighted by Crippen LogP contribution is 2.18. The van der Waals surface area contributed by atoms with Gasteiger partial charge in [-0.15, -0.1) is 11.3 Å². The van der Waals surface area contributed by atoms with Gasteiger partial charge in [-0.1, -0.05) is 0 Å². The molecule has 0 unspecified atom stereocenters. The maximum atomic E-state index is 10.5. The van der Waals surface area contributed by atoms with Crippen molar-refractivity contribution < 1.29 is 14.6 Å². The number of anilines is 2. The van der Waals surface area contributed by atoms with Crippen LogP contribution in [0.15, 0.2) is 17.6 Å². The van der Waals surface area contributed by atoms with Gasteiger partial charge in [0, 0.05) is 24.2 Å². The molecule has 0 fully saturated rings. The Hall–Kier alpha value is -2.26. The fourth-order valence-corrected chi connectivity index (χ4v) is 1.92. The fraction of sp³-hybridized carbons (Fsp3) is 0.273. The summed E-state index contributed by atoms with van der Waals surface area (Å²) in [4.78, 5) is 22.9. The molecule has 2 rings (SSSR count). The number of hydrogen-bond acceptors (Lipinski definition) is 8. The molecule has 0 bridgehead atoms. The van der Waals surface area contributed by atoms with E-state index < -0.39 is 5.97 Å². The summed E-state index contributed by atoms with van der Waals surface area (Å²) >= 11 is 1.42. The van der Waals surface area contributed by atoms with E-state index in [1.807, 2.05) is 5.38 Å². The number of carboxylic acid groups (broad SMARTS) is 1. The zero-order valence-corrected chi connectivity index (χ0v) is 11.5. The number of rotatable bonds is 7. The van der Waals surface area contributed by atoms with Crippen LogP contribution in [0.25, 0.3) is 0 Å². The highest BCUT2D eigenvalue weighted by atomic mass is 32.1. The first-order valence-electron chi connectivity index (χ1n) is 5.68. The van der Waals surface area contributed by atoms with Crippen LogP contribution >= 0.6 is 11.3 Å². The molecule has 2 heterocycles. The minimum absolute atomic E-state index is 0.137. The topological polar surface area (TPSA) is 109 Å². The third-order valence-corrected chi connectivity index (χ3v) is 2.89. The molecule has 0 radical (unpaired) electrons. The summed E-state index contributed by atoms with van der Waals surface area (Å²) in [6.45, 7) is 0.166. The quantitative estimate of drug-likeness (QED) is 0.690. The number of nitrogens with zero attached hydrogens (tertiary/aromatic N) is 3. The van der Waals surface area contributed by atoms with Crippen molar-refractivity contribution in [2.24, 2.45) is 0 Å². The Bertz CT molecular complexity index is 575. The van der Waals surface area contributed by atoms with Crippen molar-refractivity contribution in [3.05, 3.63) is 23.3 Å². The molecule has 0 spiro atoms. The van der Waals surface area contributed by atoms with Crippen LogP contribution in [0.5, 0.6) is 5.88 Å². The van der Waals surface area contributed by atoms with Crippen LogP contribution in [0.1, 0.15) is 5.69 Å². The third kappa shape index (κ3) is 4.14. The molecule has 8 nitrogen and oxygen atoms in total. The molecular formula is C11H13N5O3S. The standard InChI is InChI=1S/C11H13N5O3S/c1-19-8-4-7(5-12-6-9(17)18)14-10(15-8)16-11-13-2-3-20-11/h2-4,12H,5-6H2,1H3,(H,17,18)(H,13,14,15,16). The molecule has 106 valence electrons. The maximum absolute atomic E-state index is 10.5. The van der Waals surface area contributed by atoms with E-state index in [1.54, 1.807) is 12.3 Å². The van der Waals surface area contributed by atoms with E-state index in [1.165, 1.54) is 18.4 Å². The van der Waals surface area contributed by atoms with Crippen LogP contribution in [0.3, 0.4) is 0 Å². The number of aromatic nitrogens is 3. The average Bonchev–Trinajstić information content (AvgIpc) is 2.91. The van der Waals surface area contributed by atoms with Crippen molar-refractivity contribution in [1.82, 2.24) is 20.3 Å². The SMILES string of the molecule is COc1cc(CNCC(=O)O)nc(Nc2nccs2)n1. The number of carboxylic acids is 1. The number of ether oxygens (including phenoxy) is 1. The summed E-state index contributed by atoms with van der Waals surface area (Å²) < 4.78 is 5.09. The van der Waals surface area contributed by atoms with E-state index in [-0.39, 0.29) is 6.54 Å². The van der Waals surface area contributed by atoms with Crippen LogP contribution in [0.4, 0.5) is 11.1 Å². The second kappa shape index (κ2) is 6.78. The molecule has 20 heavy (non-hydrogen) atoms. The Kier molecular flexibility index (Phi) is 4.80. The molecule has 0 aliphatic carbocycles. The monoisotopic (exact) mass is 295 g/mol. The van der Waals surface area contributed by atoms with Crippen molar-refractivity contribution in [1.29, 1.82) is 0 Å². The largest absolute Gasteiger partial charge is 0.481 e. The lowest BCUT2D eigenvalue weighted by molar-refractivity contribution is -0.135. The molecule has 2 aromatic heterocycles. The summed E-state index contributed by atoms with van der Waals surface area (Å²) in [7, 11) is 1.50. The van der Waals surface area contributed by atoms with Crippen LogP contribution in [0.2, 0.25) is 0 Å². The molecular weight excluding hydrogens is 282 g/mol. The number of nitrogens with one attached hydrogen (secondary N) is 2. The van der Waals surface area contributed by atoms with Crippen molar-refractivity contribution in [3.63, 3.8) is 0 Å². The van der Waals surface area contributed by atoms with Gasteiger partial charge in [-0.25, -0.2) is 9.97 Å². The Morgan fingerprint density at radius 2 is 2.35 bits per heavy atom. The number of methoxy groups -OCH3 is 1. The normalized spacial score (nSPS) is 10.2. The Balaban J connectivity index is 2.09. The molecule has 0 aliphatic heterocycles. The van der Waals surface area contributed by atoms with E-state index in [0.717, 1.165) is 0 Å². The van der Waals surface area contributed by atoms with E-state index in [9.17, 15) is 4.79 Å². The second-order valence-corrected chi connectivity index (χ2v) is 4.58. The van der Waals surface area contributed by atoms with Crippen molar-refractivity contribution in [2.45, 2.75) is 6.54 Å². The highest BCUT2D eigenvalue weighted by Gasteiger charge is 2.07. The average molecular weight is 295 g/mol. The van der Waals surface area contributed by atoms with E-state index >= 15 is 0 Å². The Morgan fingerprint density at radius 1 is 1.50 bits per heavy atom. The van der Waals surface area contributed by atoms with Gasteiger partial charge in [-0.2, -0.15) is 4.98 Å². The van der Waals surface area contributed by atoms with Crippen molar-refractivity contribution in [2.75, 3.05) is 19.0 Å². The van der Waals surface area contributed by atoms with Crippen molar-refractivity contribution >= 4 is 28.4 Å². The van der Waals surface area contributed by atoms with Crippen LogP contribution < -0.4 is 15.4 Å². The third-order valence-electron chi connectivity index (χ3n) is 2.20. The Morgan fingerprint density at radius 3 is 3.00 bits per heavy atom. The zero-order valence-electron chi connectivity index (χ0n) is 10.7. The summed E-state index contributed by atoms with van der Waals surface area (Å²) in [6, 6.07) is 1.64. The lowest BCUT2D eigenvalue weighted by atomic mass is 10.4. The number of hydrogen-bond donors (Lipinski definition) is 3. The first kappa shape index (κ1) is 14.2. The second-order valence-electron chi connectivity index (χ2n) is 3.68. The van der Waals surface area contributed by atoms with Crippen LogP contribution in [-0.2, 0) is 11.3 Å². The van der Waals surface area contributed by atoms with Gasteiger partial charge >= 0.3 is 5.97 Å². The summed E-state index contributed by atoms with van der Waals surface area (Å²) in [6.07, 6.45) is 1.67. The van der Waals surface area contributed by atoms with Gasteiger partial charge in [0.1, 0.15) is 0 Å². The first-order chi connectivity index (χ1) is 9.67. The van der Waals surface area contributed by atoms with Gasteiger partial charge in [0.2, 0.25) is 11.8 Å². The van der Waals surface area contributed by atoms with Gasteiger partial charge < -0.3 is 15.2 Å². The molecule has 9 heteroatoms. The minimum Gasteiger partial charge on any atom is -0.481 e. The van der Waals surface area contributed by atoms with Crippen molar-refractivity contribution in [3.8, 4) is 5.88 Å². The lowest BCUT2D eigenvalue weighted by Crippen LogP contribution is -2.22. The Labute approximate surface area is 118 Å². The predicted molar refractivity (Wildman–Crippen MR) is 73.3 cm³/mol. The molecule has 0 aromatic carbocycles. The fourth-order valence-electron chi connectivity index (χ4n) is 1.40. The molecule has 0 atom stereocenters. The number of aliphatic carboxylic acids is 1. The summed E-state index contributed by atoms with van der Waals surface area (Å²) in [5.41, 5.74) is 0.622. The van der Waals surface area contributed by atoms with Gasteiger partial charge in [0.15, 0.2) is 5.13 Å². The van der Waals surface area contributed by atoms with Crippen LogP contribution in [0, 0.1) is 0 Å². The first-order valence-corrected chi connectivity index (χ1v) is 6.56. The lowest BCUT2D eigenvalue weighted by Gasteiger charge is -2.07. The van der Waals surface area contributed by atoms with E-state index in [0.29, 0.717) is 29.2 Å². The van der Waals surface area contributed by atoms with E-state index in [4.69, 9.17) is 9.84 Å². The maximum Gasteiger partial charge on any atom is 0.317 e. The molecule has 0 saturated heterocycles. The molecule has 3 N–H and O–H groups in total. The highest BCUT2D eigenvalue weighted by molar-refractivity contribution is 7.13. The number of carbonyl (C=O) groups is 1. The zero-order chi connectivity index (χ0) is 14.4. The van der Waals surface area contributed by atoms with Crippen LogP contribution in [-0.4, -0.2) is 39.7 Å². The molecule has 0 amide bonds. The van der Waals surface area contributed by atoms with E-state index in [2.05, 4.69) is 25.6 Å². The summed E-state index contributed by atoms with van der Waals surface area (Å²) in [5, 5.41) is 16.8. The summed E-state index contributed by atoms with van der Waals surface area (Å²) in [5.74, 6) is -0.176. The predicted octanol–water partition coefficient (Wildman–Crippen LogP) is 0.859. The van der Waals surface area contributed by atoms with Gasteiger partial charge in [-0.05, 0) is 0 Å². The molecule has 0 aliphatic rings. The molecule has 0 saturated carbocycles. The van der Waals surface area contributed by atoms with Gasteiger partial charge in [-0.3, -0.25) is 10.1 Å².